The van der Waals surface area contributed by atoms with Gasteiger partial charge in [-0.2, -0.15) is 0 Å². The molecule has 6 nitrogen and oxygen atoms in total. The Morgan fingerprint density at radius 2 is 1.86 bits per heavy atom. The van der Waals surface area contributed by atoms with E-state index in [0.717, 1.165) is 18.5 Å². The molecule has 0 saturated heterocycles. The highest BCUT2D eigenvalue weighted by Gasteiger charge is 2.27. The van der Waals surface area contributed by atoms with Crippen LogP contribution in [0.1, 0.15) is 17.9 Å². The molecule has 0 aliphatic rings. The highest BCUT2D eigenvalue weighted by atomic mass is 16.4. The fourth-order valence-electron chi connectivity index (χ4n) is 2.10. The first-order chi connectivity index (χ1) is 9.97. The van der Waals surface area contributed by atoms with Gasteiger partial charge in [0.1, 0.15) is 5.92 Å². The second-order valence-corrected chi connectivity index (χ2v) is 5.29. The molecule has 1 atom stereocenters. The number of hydrogen-bond acceptors (Lipinski definition) is 4. The number of carbonyl (C=O) groups is 1. The Kier molecular flexibility index (Phi) is 6.68. The number of rotatable bonds is 7. The van der Waals surface area contributed by atoms with E-state index in [9.17, 15) is 4.79 Å². The average Bonchev–Trinajstić information content (AvgIpc) is 2.47. The molecule has 0 saturated carbocycles. The number of amides is 1. The van der Waals surface area contributed by atoms with Crippen molar-refractivity contribution in [3.05, 3.63) is 35.9 Å². The third kappa shape index (κ3) is 5.07. The summed E-state index contributed by atoms with van der Waals surface area (Å²) in [6.45, 7) is 1.52. The predicted octanol–water partition coefficient (Wildman–Crippen LogP) is 0.927. The van der Waals surface area contributed by atoms with Gasteiger partial charge in [0.05, 0.1) is 0 Å². The van der Waals surface area contributed by atoms with E-state index in [1.165, 1.54) is 0 Å². The van der Waals surface area contributed by atoms with Crippen LogP contribution in [0.15, 0.2) is 35.5 Å². The zero-order valence-corrected chi connectivity index (χ0v) is 12.9. The lowest BCUT2D eigenvalue weighted by molar-refractivity contribution is -0.130. The van der Waals surface area contributed by atoms with Crippen molar-refractivity contribution in [1.29, 1.82) is 0 Å². The number of nitrogens with two attached hydrogens (primary N) is 1. The molecule has 1 rings (SSSR count). The van der Waals surface area contributed by atoms with Gasteiger partial charge in [0.25, 0.3) is 0 Å². The first kappa shape index (κ1) is 17.0. The summed E-state index contributed by atoms with van der Waals surface area (Å²) in [6.07, 6.45) is 0.868. The summed E-state index contributed by atoms with van der Waals surface area (Å²) in [5.41, 5.74) is 6.43. The van der Waals surface area contributed by atoms with Crippen LogP contribution in [0.2, 0.25) is 0 Å². The van der Waals surface area contributed by atoms with Gasteiger partial charge in [-0.25, -0.2) is 0 Å². The van der Waals surface area contributed by atoms with Gasteiger partial charge in [0.15, 0.2) is 5.84 Å². The van der Waals surface area contributed by atoms with Crippen LogP contribution in [0.4, 0.5) is 0 Å². The first-order valence-electron chi connectivity index (χ1n) is 6.89. The molecule has 0 aliphatic heterocycles. The SMILES string of the molecule is CN(C)CCCN(C)C(=O)C(C(N)=NO)c1ccccc1. The molecule has 0 bridgehead atoms. The van der Waals surface area contributed by atoms with Gasteiger partial charge in [-0.15, -0.1) is 0 Å². The Balaban J connectivity index is 2.82. The maximum Gasteiger partial charge on any atom is 0.237 e. The third-order valence-corrected chi connectivity index (χ3v) is 3.27. The van der Waals surface area contributed by atoms with Crippen LogP contribution in [0.3, 0.4) is 0 Å². The lowest BCUT2D eigenvalue weighted by Gasteiger charge is -2.24. The average molecular weight is 292 g/mol. The van der Waals surface area contributed by atoms with E-state index in [0.29, 0.717) is 6.54 Å². The minimum absolute atomic E-state index is 0.0920. The van der Waals surface area contributed by atoms with Gasteiger partial charge in [0.2, 0.25) is 5.91 Å². The minimum atomic E-state index is -0.749. The highest BCUT2D eigenvalue weighted by Crippen LogP contribution is 2.18. The van der Waals surface area contributed by atoms with E-state index in [4.69, 9.17) is 10.9 Å². The molecule has 0 spiro atoms. The van der Waals surface area contributed by atoms with Crippen LogP contribution in [0.5, 0.6) is 0 Å². The fraction of sp³-hybridized carbons (Fsp3) is 0.467. The topological polar surface area (TPSA) is 82.2 Å². The van der Waals surface area contributed by atoms with Crippen molar-refractivity contribution in [1.82, 2.24) is 9.80 Å². The Bertz CT molecular complexity index is 474. The molecule has 116 valence electrons. The number of hydrogen-bond donors (Lipinski definition) is 2. The number of carbonyl (C=O) groups excluding carboxylic acids is 1. The molecule has 1 unspecified atom stereocenters. The molecular formula is C15H24N4O2. The van der Waals surface area contributed by atoms with Crippen LogP contribution < -0.4 is 5.73 Å². The zero-order chi connectivity index (χ0) is 15.8. The van der Waals surface area contributed by atoms with Crippen molar-refractivity contribution >= 4 is 11.7 Å². The minimum Gasteiger partial charge on any atom is -0.409 e. The van der Waals surface area contributed by atoms with E-state index in [1.54, 1.807) is 24.1 Å². The van der Waals surface area contributed by atoms with Gasteiger partial charge in [-0.3, -0.25) is 4.79 Å². The zero-order valence-electron chi connectivity index (χ0n) is 12.9. The van der Waals surface area contributed by atoms with Crippen LogP contribution in [-0.2, 0) is 4.79 Å². The summed E-state index contributed by atoms with van der Waals surface area (Å²) in [6, 6.07) is 9.11. The first-order valence-corrected chi connectivity index (χ1v) is 6.89. The highest BCUT2D eigenvalue weighted by molar-refractivity contribution is 6.07. The molecule has 0 aliphatic carbocycles. The molecule has 1 amide bonds. The van der Waals surface area contributed by atoms with E-state index < -0.39 is 5.92 Å². The summed E-state index contributed by atoms with van der Waals surface area (Å²) < 4.78 is 0. The fourth-order valence-corrected chi connectivity index (χ4v) is 2.10. The van der Waals surface area contributed by atoms with Gasteiger partial charge in [0, 0.05) is 13.6 Å². The van der Waals surface area contributed by atoms with E-state index in [2.05, 4.69) is 10.1 Å². The quantitative estimate of drug-likeness (QED) is 0.339. The molecule has 3 N–H and O–H groups in total. The maximum atomic E-state index is 12.6. The second kappa shape index (κ2) is 8.26. The normalized spacial score (nSPS) is 13.2. The Labute approximate surface area is 125 Å². The number of benzene rings is 1. The molecule has 1 aromatic rings. The van der Waals surface area contributed by atoms with E-state index in [-0.39, 0.29) is 11.7 Å². The predicted molar refractivity (Wildman–Crippen MR) is 83.4 cm³/mol. The number of nitrogens with zero attached hydrogens (tertiary/aromatic N) is 3. The lowest BCUT2D eigenvalue weighted by atomic mass is 9.96. The maximum absolute atomic E-state index is 12.6. The summed E-state index contributed by atoms with van der Waals surface area (Å²) >= 11 is 0. The molecule has 0 radical (unpaired) electrons. The number of amidine groups is 1. The van der Waals surface area contributed by atoms with Gasteiger partial charge in [-0.1, -0.05) is 35.5 Å². The monoisotopic (exact) mass is 292 g/mol. The molecule has 6 heteroatoms. The molecule has 1 aromatic carbocycles. The van der Waals surface area contributed by atoms with Crippen LogP contribution >= 0.6 is 0 Å². The van der Waals surface area contributed by atoms with Gasteiger partial charge >= 0.3 is 0 Å². The molecular weight excluding hydrogens is 268 g/mol. The van der Waals surface area contributed by atoms with Crippen molar-refractivity contribution in [3.63, 3.8) is 0 Å². The number of likely N-dealkylation sites (N-methyl/N-ethyl adjacent to an activating group) is 1. The lowest BCUT2D eigenvalue weighted by Crippen LogP contribution is -2.39. The van der Waals surface area contributed by atoms with Crippen molar-refractivity contribution in [3.8, 4) is 0 Å². The standard InChI is InChI=1S/C15H24N4O2/c1-18(2)10-7-11-19(3)15(20)13(14(16)17-21)12-8-5-4-6-9-12/h4-6,8-9,13,21H,7,10-11H2,1-3H3,(H2,16,17). The largest absolute Gasteiger partial charge is 0.409 e. The molecule has 0 fully saturated rings. The van der Waals surface area contributed by atoms with Crippen molar-refractivity contribution < 1.29 is 10.0 Å². The summed E-state index contributed by atoms with van der Waals surface area (Å²) in [4.78, 5) is 16.3. The Morgan fingerprint density at radius 3 is 2.38 bits per heavy atom. The van der Waals surface area contributed by atoms with Crippen molar-refractivity contribution in [2.45, 2.75) is 12.3 Å². The van der Waals surface area contributed by atoms with Gasteiger partial charge < -0.3 is 20.7 Å². The third-order valence-electron chi connectivity index (χ3n) is 3.27. The summed E-state index contributed by atoms with van der Waals surface area (Å²) in [5, 5.41) is 11.9. The summed E-state index contributed by atoms with van der Waals surface area (Å²) in [7, 11) is 5.72. The number of oxime groups is 1. The Morgan fingerprint density at radius 1 is 1.24 bits per heavy atom. The van der Waals surface area contributed by atoms with Gasteiger partial charge in [-0.05, 0) is 32.6 Å². The molecule has 21 heavy (non-hydrogen) atoms. The molecule has 0 heterocycles. The second-order valence-electron chi connectivity index (χ2n) is 5.29. The van der Waals surface area contributed by atoms with Crippen molar-refractivity contribution in [2.24, 2.45) is 10.9 Å². The van der Waals surface area contributed by atoms with Crippen LogP contribution in [0, 0.1) is 0 Å². The summed E-state index contributed by atoms with van der Waals surface area (Å²) in [5.74, 6) is -1.01. The van der Waals surface area contributed by atoms with Crippen LogP contribution in [-0.4, -0.2) is 61.0 Å². The smallest absolute Gasteiger partial charge is 0.237 e. The van der Waals surface area contributed by atoms with E-state index in [1.807, 2.05) is 32.3 Å². The molecule has 0 aromatic heterocycles. The van der Waals surface area contributed by atoms with E-state index >= 15 is 0 Å². The Hall–Kier alpha value is -2.08. The van der Waals surface area contributed by atoms with Crippen molar-refractivity contribution in [2.75, 3.05) is 34.2 Å². The van der Waals surface area contributed by atoms with Crippen LogP contribution in [0.25, 0.3) is 0 Å².